The van der Waals surface area contributed by atoms with Gasteiger partial charge in [0, 0.05) is 20.8 Å². The van der Waals surface area contributed by atoms with Crippen LogP contribution in [0, 0.1) is 0 Å². The molecule has 0 aliphatic carbocycles. The van der Waals surface area contributed by atoms with Gasteiger partial charge in [0.2, 0.25) is 12.2 Å². The molecule has 9 nitrogen and oxygen atoms in total. The summed E-state index contributed by atoms with van der Waals surface area (Å²) in [6.45, 7) is 3.03. The molecule has 0 amide bonds. The van der Waals surface area contributed by atoms with E-state index in [1.54, 1.807) is 0 Å². The van der Waals surface area contributed by atoms with Crippen LogP contribution in [0.5, 0.6) is 0 Å². The summed E-state index contributed by atoms with van der Waals surface area (Å²) in [5.74, 6) is -4.99. The highest BCUT2D eigenvalue weighted by atomic mass is 16.7. The third-order valence-corrected chi connectivity index (χ3v) is 2.15. The van der Waals surface area contributed by atoms with Crippen molar-refractivity contribution >= 4 is 29.8 Å². The second kappa shape index (κ2) is 6.13. The van der Waals surface area contributed by atoms with Crippen molar-refractivity contribution in [2.24, 2.45) is 0 Å². The molecule has 0 N–H and O–H groups in total. The first-order chi connectivity index (χ1) is 9.22. The van der Waals surface area contributed by atoms with Gasteiger partial charge in [0.15, 0.2) is 6.10 Å². The predicted octanol–water partition coefficient (Wildman–Crippen LogP) is -1.14. The van der Waals surface area contributed by atoms with Crippen molar-refractivity contribution in [1.29, 1.82) is 0 Å². The maximum atomic E-state index is 11.5. The molecule has 110 valence electrons. The number of hydrogen-bond acceptors (Lipinski definition) is 9. The maximum absolute atomic E-state index is 11.5. The van der Waals surface area contributed by atoms with Crippen LogP contribution in [0.4, 0.5) is 0 Å². The van der Waals surface area contributed by atoms with E-state index < -0.39 is 48.2 Å². The zero-order valence-corrected chi connectivity index (χ0v) is 10.9. The van der Waals surface area contributed by atoms with Crippen molar-refractivity contribution in [3.63, 3.8) is 0 Å². The van der Waals surface area contributed by atoms with E-state index in [0.717, 1.165) is 20.8 Å². The van der Waals surface area contributed by atoms with Crippen molar-refractivity contribution < 1.29 is 42.9 Å². The predicted molar refractivity (Wildman–Crippen MR) is 57.8 cm³/mol. The van der Waals surface area contributed by atoms with E-state index in [1.165, 1.54) is 0 Å². The molecule has 1 rings (SSSR count). The molecule has 20 heavy (non-hydrogen) atoms. The van der Waals surface area contributed by atoms with E-state index in [4.69, 9.17) is 4.74 Å². The van der Waals surface area contributed by atoms with Crippen LogP contribution in [0.1, 0.15) is 20.8 Å². The summed E-state index contributed by atoms with van der Waals surface area (Å²) in [6, 6.07) is 0. The van der Waals surface area contributed by atoms with Crippen molar-refractivity contribution in [1.82, 2.24) is 0 Å². The summed E-state index contributed by atoms with van der Waals surface area (Å²) in [7, 11) is 0. The van der Waals surface area contributed by atoms with Gasteiger partial charge < -0.3 is 18.9 Å². The molecular weight excluding hydrogens is 276 g/mol. The van der Waals surface area contributed by atoms with E-state index >= 15 is 0 Å². The number of esters is 5. The molecule has 0 aromatic rings. The Labute approximate surface area is 113 Å². The zero-order valence-electron chi connectivity index (χ0n) is 10.9. The van der Waals surface area contributed by atoms with Gasteiger partial charge in [-0.1, -0.05) is 0 Å². The Balaban J connectivity index is 3.08. The first kappa shape index (κ1) is 15.6. The monoisotopic (exact) mass is 288 g/mol. The van der Waals surface area contributed by atoms with Gasteiger partial charge in [-0.05, 0) is 0 Å². The lowest BCUT2D eigenvalue weighted by atomic mass is 10.0. The average Bonchev–Trinajstić information content (AvgIpc) is 2.27. The molecule has 1 aliphatic heterocycles. The van der Waals surface area contributed by atoms with Crippen molar-refractivity contribution in [3.8, 4) is 0 Å². The van der Waals surface area contributed by atoms with Gasteiger partial charge in [0.25, 0.3) is 0 Å². The van der Waals surface area contributed by atoms with Gasteiger partial charge in [0.05, 0.1) is 0 Å². The molecule has 1 heterocycles. The van der Waals surface area contributed by atoms with Crippen LogP contribution < -0.4 is 0 Å². The number of carbonyl (C=O) groups excluding carboxylic acids is 5. The van der Waals surface area contributed by atoms with Crippen LogP contribution >= 0.6 is 0 Å². The molecular formula is C11H12O9. The van der Waals surface area contributed by atoms with Gasteiger partial charge in [-0.2, -0.15) is 0 Å². The fourth-order valence-electron chi connectivity index (χ4n) is 1.55. The van der Waals surface area contributed by atoms with Crippen LogP contribution in [0.3, 0.4) is 0 Å². The molecule has 2 atom stereocenters. The second-order valence-corrected chi connectivity index (χ2v) is 3.87. The van der Waals surface area contributed by atoms with E-state index in [1.807, 2.05) is 0 Å². The van der Waals surface area contributed by atoms with E-state index in [2.05, 4.69) is 14.2 Å². The summed E-state index contributed by atoms with van der Waals surface area (Å²) in [6.07, 6.45) is -4.95. The second-order valence-electron chi connectivity index (χ2n) is 3.87. The number of rotatable bonds is 3. The molecule has 0 unspecified atom stereocenters. The standard InChI is InChI=1S/C11H12O9/c1-4(12)17-7-8(18-5(2)13)10(15)20-11(16)9(7)19-6(3)14/h7-9H,1-3H3/t8-,9-/m0/s1. The van der Waals surface area contributed by atoms with Gasteiger partial charge >= 0.3 is 29.8 Å². The van der Waals surface area contributed by atoms with Crippen LogP contribution in [-0.2, 0) is 42.9 Å². The summed E-state index contributed by atoms with van der Waals surface area (Å²) < 4.78 is 18.3. The molecule has 0 aromatic heterocycles. The van der Waals surface area contributed by atoms with Crippen LogP contribution in [0.2, 0.25) is 0 Å². The van der Waals surface area contributed by atoms with E-state index in [9.17, 15) is 24.0 Å². The van der Waals surface area contributed by atoms with Crippen molar-refractivity contribution in [3.05, 3.63) is 0 Å². The first-order valence-corrected chi connectivity index (χ1v) is 5.49. The third-order valence-electron chi connectivity index (χ3n) is 2.15. The molecule has 0 saturated carbocycles. The van der Waals surface area contributed by atoms with Crippen LogP contribution in [0.25, 0.3) is 0 Å². The molecule has 1 fully saturated rings. The fraction of sp³-hybridized carbons (Fsp3) is 0.545. The minimum Gasteiger partial charge on any atom is -0.453 e. The van der Waals surface area contributed by atoms with Gasteiger partial charge in [-0.15, -0.1) is 0 Å². The lowest BCUT2D eigenvalue weighted by molar-refractivity contribution is -0.213. The van der Waals surface area contributed by atoms with Gasteiger partial charge in [0.1, 0.15) is 0 Å². The SMILES string of the molecule is CC(=O)OC1[C@H](OC(C)=O)C(=O)OC(=O)[C@H]1OC(C)=O. The number of cyclic esters (lactones) is 2. The van der Waals surface area contributed by atoms with Crippen LogP contribution in [0.15, 0.2) is 0 Å². The van der Waals surface area contributed by atoms with E-state index in [0.29, 0.717) is 0 Å². The number of hydrogen-bond donors (Lipinski definition) is 0. The summed E-state index contributed by atoms with van der Waals surface area (Å²) >= 11 is 0. The first-order valence-electron chi connectivity index (χ1n) is 5.49. The molecule has 1 saturated heterocycles. The molecule has 0 spiro atoms. The lowest BCUT2D eigenvalue weighted by Gasteiger charge is -2.32. The largest absolute Gasteiger partial charge is 0.453 e. The summed E-state index contributed by atoms with van der Waals surface area (Å²) in [5, 5.41) is 0. The topological polar surface area (TPSA) is 122 Å². The number of carbonyl (C=O) groups is 5. The summed E-state index contributed by atoms with van der Waals surface area (Å²) in [4.78, 5) is 55.9. The Hall–Kier alpha value is -2.45. The van der Waals surface area contributed by atoms with Gasteiger partial charge in [-0.3, -0.25) is 14.4 Å². The Bertz CT molecular complexity index is 433. The Morgan fingerprint density at radius 3 is 1.45 bits per heavy atom. The van der Waals surface area contributed by atoms with Crippen molar-refractivity contribution in [2.75, 3.05) is 0 Å². The Morgan fingerprint density at radius 1 is 0.800 bits per heavy atom. The molecule has 0 aromatic carbocycles. The molecule has 0 bridgehead atoms. The zero-order chi connectivity index (χ0) is 15.4. The molecule has 9 heteroatoms. The Morgan fingerprint density at radius 2 is 1.15 bits per heavy atom. The maximum Gasteiger partial charge on any atom is 0.359 e. The molecule has 0 radical (unpaired) electrons. The summed E-state index contributed by atoms with van der Waals surface area (Å²) in [5.41, 5.74) is 0. The minimum absolute atomic E-state index is 0.855. The third kappa shape index (κ3) is 3.77. The van der Waals surface area contributed by atoms with Gasteiger partial charge in [-0.25, -0.2) is 9.59 Å². The average molecular weight is 288 g/mol. The number of ether oxygens (including phenoxy) is 4. The Kier molecular flexibility index (Phi) is 4.78. The quantitative estimate of drug-likeness (QED) is 0.360. The fourth-order valence-corrected chi connectivity index (χ4v) is 1.55. The lowest BCUT2D eigenvalue weighted by Crippen LogP contribution is -2.57. The smallest absolute Gasteiger partial charge is 0.359 e. The van der Waals surface area contributed by atoms with Crippen molar-refractivity contribution in [2.45, 2.75) is 39.1 Å². The highest BCUT2D eigenvalue weighted by Crippen LogP contribution is 2.21. The van der Waals surface area contributed by atoms with E-state index in [-0.39, 0.29) is 0 Å². The normalized spacial score (nSPS) is 22.8. The molecule has 1 aliphatic rings. The van der Waals surface area contributed by atoms with Crippen LogP contribution in [-0.4, -0.2) is 48.2 Å². The highest BCUT2D eigenvalue weighted by Gasteiger charge is 2.52. The minimum atomic E-state index is -1.68. The highest BCUT2D eigenvalue weighted by molar-refractivity contribution is 5.96.